The highest BCUT2D eigenvalue weighted by atomic mass is 16.6. The summed E-state index contributed by atoms with van der Waals surface area (Å²) >= 11 is 0. The van der Waals surface area contributed by atoms with Crippen LogP contribution in [-0.2, 0) is 4.74 Å². The second-order valence-corrected chi connectivity index (χ2v) is 4.89. The van der Waals surface area contributed by atoms with Gasteiger partial charge in [-0.05, 0) is 39.5 Å². The molecule has 1 fully saturated rings. The molecule has 1 aliphatic heterocycles. The third kappa shape index (κ3) is 5.08. The molecule has 0 radical (unpaired) electrons. The van der Waals surface area contributed by atoms with Gasteiger partial charge in [-0.3, -0.25) is 0 Å². The zero-order valence-electron chi connectivity index (χ0n) is 11.7. The van der Waals surface area contributed by atoms with E-state index in [1.165, 1.54) is 0 Å². The van der Waals surface area contributed by atoms with E-state index in [4.69, 9.17) is 4.74 Å². The lowest BCUT2D eigenvalue weighted by Crippen LogP contribution is -2.47. The number of carbonyl (C=O) groups excluding carboxylic acids is 1. The van der Waals surface area contributed by atoms with Crippen molar-refractivity contribution in [3.8, 4) is 0 Å². The minimum absolute atomic E-state index is 0.171. The molecule has 104 valence electrons. The number of hydrogen-bond acceptors (Lipinski definition) is 3. The molecule has 1 saturated heterocycles. The zero-order valence-corrected chi connectivity index (χ0v) is 11.7. The van der Waals surface area contributed by atoms with Crippen LogP contribution in [0.25, 0.3) is 0 Å². The SMILES string of the molecule is C=CCCC(C)NC1CCN(C(=O)OCC)CC1. The molecule has 4 heteroatoms. The van der Waals surface area contributed by atoms with Gasteiger partial charge >= 0.3 is 6.09 Å². The van der Waals surface area contributed by atoms with E-state index in [9.17, 15) is 4.79 Å². The van der Waals surface area contributed by atoms with E-state index >= 15 is 0 Å². The molecule has 1 unspecified atom stereocenters. The second-order valence-electron chi connectivity index (χ2n) is 4.89. The highest BCUT2D eigenvalue weighted by Gasteiger charge is 2.23. The lowest BCUT2D eigenvalue weighted by molar-refractivity contribution is 0.0943. The van der Waals surface area contributed by atoms with Gasteiger partial charge in [-0.15, -0.1) is 6.58 Å². The molecule has 1 amide bonds. The Morgan fingerprint density at radius 3 is 2.78 bits per heavy atom. The molecule has 0 aliphatic carbocycles. The first-order chi connectivity index (χ1) is 8.67. The molecule has 0 spiro atoms. The summed E-state index contributed by atoms with van der Waals surface area (Å²) in [6.45, 7) is 9.84. The van der Waals surface area contributed by atoms with Crippen LogP contribution in [0.15, 0.2) is 12.7 Å². The van der Waals surface area contributed by atoms with Crippen LogP contribution in [0, 0.1) is 0 Å². The Bertz CT molecular complexity index is 261. The van der Waals surface area contributed by atoms with Crippen molar-refractivity contribution in [3.63, 3.8) is 0 Å². The number of allylic oxidation sites excluding steroid dienone is 1. The maximum atomic E-state index is 11.5. The Labute approximate surface area is 110 Å². The summed E-state index contributed by atoms with van der Waals surface area (Å²) in [5, 5.41) is 3.62. The fraction of sp³-hybridized carbons (Fsp3) is 0.786. The number of nitrogens with zero attached hydrogens (tertiary/aromatic N) is 1. The highest BCUT2D eigenvalue weighted by Crippen LogP contribution is 2.13. The number of rotatable bonds is 6. The molecule has 1 aliphatic rings. The summed E-state index contributed by atoms with van der Waals surface area (Å²) in [7, 11) is 0. The Morgan fingerprint density at radius 1 is 1.56 bits per heavy atom. The van der Waals surface area contributed by atoms with Crippen LogP contribution >= 0.6 is 0 Å². The molecule has 1 heterocycles. The van der Waals surface area contributed by atoms with Crippen LogP contribution in [0.3, 0.4) is 0 Å². The van der Waals surface area contributed by atoms with Gasteiger partial charge in [-0.25, -0.2) is 4.79 Å². The third-order valence-corrected chi connectivity index (χ3v) is 3.34. The maximum Gasteiger partial charge on any atom is 0.409 e. The van der Waals surface area contributed by atoms with Gasteiger partial charge in [-0.1, -0.05) is 6.08 Å². The van der Waals surface area contributed by atoms with Crippen molar-refractivity contribution in [2.45, 2.75) is 51.6 Å². The van der Waals surface area contributed by atoms with Gasteiger partial charge in [0, 0.05) is 25.2 Å². The van der Waals surface area contributed by atoms with Gasteiger partial charge in [0.05, 0.1) is 6.61 Å². The minimum atomic E-state index is -0.171. The smallest absolute Gasteiger partial charge is 0.409 e. The molecule has 18 heavy (non-hydrogen) atoms. The van der Waals surface area contributed by atoms with Gasteiger partial charge in [-0.2, -0.15) is 0 Å². The summed E-state index contributed by atoms with van der Waals surface area (Å²) in [4.78, 5) is 13.3. The van der Waals surface area contributed by atoms with Crippen molar-refractivity contribution >= 4 is 6.09 Å². The second kappa shape index (κ2) is 8.14. The van der Waals surface area contributed by atoms with Gasteiger partial charge < -0.3 is 15.0 Å². The zero-order chi connectivity index (χ0) is 13.4. The van der Waals surface area contributed by atoms with Crippen molar-refractivity contribution in [2.75, 3.05) is 19.7 Å². The lowest BCUT2D eigenvalue weighted by Gasteiger charge is -2.33. The Hall–Kier alpha value is -1.03. The van der Waals surface area contributed by atoms with E-state index in [1.807, 2.05) is 13.0 Å². The summed E-state index contributed by atoms with van der Waals surface area (Å²) in [6, 6.07) is 1.04. The molecular formula is C14H26N2O2. The quantitative estimate of drug-likeness (QED) is 0.741. The Morgan fingerprint density at radius 2 is 2.22 bits per heavy atom. The predicted molar refractivity (Wildman–Crippen MR) is 73.6 cm³/mol. The molecule has 1 N–H and O–H groups in total. The number of likely N-dealkylation sites (tertiary alicyclic amines) is 1. The molecule has 4 nitrogen and oxygen atoms in total. The largest absolute Gasteiger partial charge is 0.450 e. The predicted octanol–water partition coefficient (Wildman–Crippen LogP) is 2.55. The van der Waals surface area contributed by atoms with Crippen molar-refractivity contribution in [2.24, 2.45) is 0 Å². The van der Waals surface area contributed by atoms with E-state index in [2.05, 4.69) is 18.8 Å². The first-order valence-corrected chi connectivity index (χ1v) is 6.96. The topological polar surface area (TPSA) is 41.6 Å². The van der Waals surface area contributed by atoms with Gasteiger partial charge in [0.1, 0.15) is 0 Å². The molecule has 0 saturated carbocycles. The Balaban J connectivity index is 2.22. The van der Waals surface area contributed by atoms with Crippen LogP contribution in [0.2, 0.25) is 0 Å². The van der Waals surface area contributed by atoms with E-state index in [0.29, 0.717) is 18.7 Å². The lowest BCUT2D eigenvalue weighted by atomic mass is 10.0. The minimum Gasteiger partial charge on any atom is -0.450 e. The van der Waals surface area contributed by atoms with Crippen LogP contribution in [0.5, 0.6) is 0 Å². The molecule has 1 atom stereocenters. The first-order valence-electron chi connectivity index (χ1n) is 6.96. The molecule has 0 aromatic rings. The molecular weight excluding hydrogens is 228 g/mol. The average molecular weight is 254 g/mol. The van der Waals surface area contributed by atoms with Crippen molar-refractivity contribution in [3.05, 3.63) is 12.7 Å². The number of ether oxygens (including phenoxy) is 1. The number of nitrogens with one attached hydrogen (secondary N) is 1. The van der Waals surface area contributed by atoms with Crippen LogP contribution in [-0.4, -0.2) is 42.8 Å². The first kappa shape index (κ1) is 15.0. The molecule has 0 bridgehead atoms. The highest BCUT2D eigenvalue weighted by molar-refractivity contribution is 5.67. The van der Waals surface area contributed by atoms with Crippen LogP contribution < -0.4 is 5.32 Å². The normalized spacial score (nSPS) is 18.4. The number of amides is 1. The van der Waals surface area contributed by atoms with Crippen molar-refractivity contribution in [1.29, 1.82) is 0 Å². The van der Waals surface area contributed by atoms with Crippen molar-refractivity contribution in [1.82, 2.24) is 10.2 Å². The summed E-state index contributed by atoms with van der Waals surface area (Å²) in [5.74, 6) is 0. The van der Waals surface area contributed by atoms with E-state index in [1.54, 1.807) is 4.90 Å². The Kier molecular flexibility index (Phi) is 6.80. The molecule has 0 aromatic heterocycles. The van der Waals surface area contributed by atoms with E-state index in [0.717, 1.165) is 38.8 Å². The van der Waals surface area contributed by atoms with Crippen molar-refractivity contribution < 1.29 is 9.53 Å². The fourth-order valence-corrected chi connectivity index (χ4v) is 2.30. The molecule has 1 rings (SSSR count). The monoisotopic (exact) mass is 254 g/mol. The standard InChI is InChI=1S/C14H26N2O2/c1-4-6-7-12(3)15-13-8-10-16(11-9-13)14(17)18-5-2/h4,12-13,15H,1,5-11H2,2-3H3. The summed E-state index contributed by atoms with van der Waals surface area (Å²) < 4.78 is 5.01. The number of piperidine rings is 1. The van der Waals surface area contributed by atoms with Gasteiger partial charge in [0.2, 0.25) is 0 Å². The van der Waals surface area contributed by atoms with Crippen LogP contribution in [0.1, 0.15) is 39.5 Å². The fourth-order valence-electron chi connectivity index (χ4n) is 2.30. The maximum absolute atomic E-state index is 11.5. The number of hydrogen-bond donors (Lipinski definition) is 1. The average Bonchev–Trinajstić information content (AvgIpc) is 2.37. The van der Waals surface area contributed by atoms with Crippen LogP contribution in [0.4, 0.5) is 4.79 Å². The summed E-state index contributed by atoms with van der Waals surface area (Å²) in [6.07, 6.45) is 5.99. The third-order valence-electron chi connectivity index (χ3n) is 3.34. The van der Waals surface area contributed by atoms with Gasteiger partial charge in [0.25, 0.3) is 0 Å². The van der Waals surface area contributed by atoms with E-state index < -0.39 is 0 Å². The molecule has 0 aromatic carbocycles. The van der Waals surface area contributed by atoms with E-state index in [-0.39, 0.29) is 6.09 Å². The summed E-state index contributed by atoms with van der Waals surface area (Å²) in [5.41, 5.74) is 0. The number of carbonyl (C=O) groups is 1. The van der Waals surface area contributed by atoms with Gasteiger partial charge in [0.15, 0.2) is 0 Å².